The van der Waals surface area contributed by atoms with Crippen molar-refractivity contribution < 1.29 is 9.47 Å². The molecule has 0 saturated carbocycles. The predicted octanol–water partition coefficient (Wildman–Crippen LogP) is 0.227. The molecule has 70 valence electrons. The molecule has 5 heteroatoms. The van der Waals surface area contributed by atoms with E-state index in [1.807, 2.05) is 0 Å². The highest BCUT2D eigenvalue weighted by Crippen LogP contribution is 2.19. The zero-order chi connectivity index (χ0) is 9.10. The van der Waals surface area contributed by atoms with Crippen LogP contribution in [-0.2, 0) is 4.74 Å². The minimum Gasteiger partial charge on any atom is -0.470 e. The fraction of sp³-hybridized carbons (Fsp3) is 0.500. The maximum Gasteiger partial charge on any atom is 0.240 e. The molecule has 0 radical (unpaired) electrons. The second-order valence-electron chi connectivity index (χ2n) is 2.89. The van der Waals surface area contributed by atoms with Crippen LogP contribution in [0.15, 0.2) is 12.5 Å². The first-order valence-electron chi connectivity index (χ1n) is 4.16. The van der Waals surface area contributed by atoms with Crippen molar-refractivity contribution in [2.45, 2.75) is 12.5 Å². The molecule has 1 aliphatic rings. The summed E-state index contributed by atoms with van der Waals surface area (Å²) in [6.45, 7) is 1.36. The summed E-state index contributed by atoms with van der Waals surface area (Å²) in [5, 5.41) is 0. The molecule has 0 spiro atoms. The maximum absolute atomic E-state index is 5.61. The van der Waals surface area contributed by atoms with Gasteiger partial charge >= 0.3 is 0 Å². The smallest absolute Gasteiger partial charge is 0.240 e. The minimum absolute atomic E-state index is 0.0807. The molecule has 0 amide bonds. The van der Waals surface area contributed by atoms with Crippen LogP contribution >= 0.6 is 0 Å². The van der Waals surface area contributed by atoms with Crippen molar-refractivity contribution in [3.05, 3.63) is 12.5 Å². The number of nitrogens with zero attached hydrogens (tertiary/aromatic N) is 2. The molecule has 1 unspecified atom stereocenters. The molecule has 1 saturated heterocycles. The van der Waals surface area contributed by atoms with Gasteiger partial charge in [0.05, 0.1) is 19.4 Å². The zero-order valence-corrected chi connectivity index (χ0v) is 7.14. The van der Waals surface area contributed by atoms with Crippen LogP contribution in [0.1, 0.15) is 6.42 Å². The summed E-state index contributed by atoms with van der Waals surface area (Å²) >= 11 is 0. The molecule has 0 aromatic carbocycles. The third kappa shape index (κ3) is 1.86. The first-order valence-corrected chi connectivity index (χ1v) is 4.16. The van der Waals surface area contributed by atoms with Crippen LogP contribution in [0, 0.1) is 0 Å². The van der Waals surface area contributed by atoms with Crippen LogP contribution in [0.25, 0.3) is 0 Å². The molecule has 1 atom stereocenters. The van der Waals surface area contributed by atoms with Gasteiger partial charge in [-0.05, 0) is 0 Å². The number of hydrogen-bond donors (Lipinski definition) is 1. The predicted molar refractivity (Wildman–Crippen MR) is 46.3 cm³/mol. The average molecular weight is 181 g/mol. The van der Waals surface area contributed by atoms with Crippen LogP contribution in [0.3, 0.4) is 0 Å². The van der Waals surface area contributed by atoms with Crippen molar-refractivity contribution in [2.75, 3.05) is 18.9 Å². The summed E-state index contributed by atoms with van der Waals surface area (Å²) in [6, 6.07) is 0. The standard InChI is InChI=1S/C8H11N3O2/c9-7-3-10-5-11-8(7)13-6-1-2-12-4-6/h3,5-6H,1-2,4,9H2. The SMILES string of the molecule is Nc1cncnc1OC1CCOC1. The number of ether oxygens (including phenoxy) is 2. The van der Waals surface area contributed by atoms with E-state index in [2.05, 4.69) is 9.97 Å². The van der Waals surface area contributed by atoms with Crippen molar-refractivity contribution in [1.82, 2.24) is 9.97 Å². The van der Waals surface area contributed by atoms with E-state index in [9.17, 15) is 0 Å². The van der Waals surface area contributed by atoms with Gasteiger partial charge in [0, 0.05) is 6.42 Å². The Balaban J connectivity index is 2.04. The van der Waals surface area contributed by atoms with Crippen LogP contribution < -0.4 is 10.5 Å². The first-order chi connectivity index (χ1) is 6.36. The molecule has 5 nitrogen and oxygen atoms in total. The van der Waals surface area contributed by atoms with Gasteiger partial charge in [-0.25, -0.2) is 4.98 Å². The lowest BCUT2D eigenvalue weighted by Gasteiger charge is -2.11. The van der Waals surface area contributed by atoms with E-state index in [1.54, 1.807) is 0 Å². The van der Waals surface area contributed by atoms with Gasteiger partial charge in [-0.1, -0.05) is 0 Å². The second-order valence-corrected chi connectivity index (χ2v) is 2.89. The van der Waals surface area contributed by atoms with E-state index in [1.165, 1.54) is 12.5 Å². The topological polar surface area (TPSA) is 70.3 Å². The lowest BCUT2D eigenvalue weighted by atomic mass is 10.3. The largest absolute Gasteiger partial charge is 0.470 e. The highest BCUT2D eigenvalue weighted by atomic mass is 16.5. The van der Waals surface area contributed by atoms with Crippen molar-refractivity contribution in [3.8, 4) is 5.88 Å². The minimum atomic E-state index is 0.0807. The summed E-state index contributed by atoms with van der Waals surface area (Å²) in [5.74, 6) is 0.450. The lowest BCUT2D eigenvalue weighted by Crippen LogP contribution is -2.17. The van der Waals surface area contributed by atoms with Gasteiger partial charge in [0.1, 0.15) is 18.1 Å². The molecule has 1 aromatic rings. The van der Waals surface area contributed by atoms with E-state index in [-0.39, 0.29) is 6.10 Å². The third-order valence-electron chi connectivity index (χ3n) is 1.87. The molecular formula is C8H11N3O2. The Bertz CT molecular complexity index is 286. The molecule has 2 heterocycles. The van der Waals surface area contributed by atoms with Crippen LogP contribution in [0.4, 0.5) is 5.69 Å². The van der Waals surface area contributed by atoms with E-state index in [0.717, 1.165) is 13.0 Å². The average Bonchev–Trinajstić information content (AvgIpc) is 2.61. The van der Waals surface area contributed by atoms with Gasteiger partial charge in [-0.15, -0.1) is 0 Å². The third-order valence-corrected chi connectivity index (χ3v) is 1.87. The van der Waals surface area contributed by atoms with Crippen molar-refractivity contribution in [2.24, 2.45) is 0 Å². The summed E-state index contributed by atoms with van der Waals surface area (Å²) in [4.78, 5) is 7.70. The van der Waals surface area contributed by atoms with Crippen molar-refractivity contribution in [3.63, 3.8) is 0 Å². The van der Waals surface area contributed by atoms with Gasteiger partial charge in [0.15, 0.2) is 0 Å². The Morgan fingerprint density at radius 1 is 1.62 bits per heavy atom. The van der Waals surface area contributed by atoms with Crippen molar-refractivity contribution >= 4 is 5.69 Å². The highest BCUT2D eigenvalue weighted by Gasteiger charge is 2.18. The normalized spacial score (nSPS) is 21.7. The quantitative estimate of drug-likeness (QED) is 0.707. The van der Waals surface area contributed by atoms with E-state index >= 15 is 0 Å². The number of aromatic nitrogens is 2. The number of hydrogen-bond acceptors (Lipinski definition) is 5. The summed E-state index contributed by atoms with van der Waals surface area (Å²) < 4.78 is 10.7. The van der Waals surface area contributed by atoms with E-state index in [4.69, 9.17) is 15.2 Å². The van der Waals surface area contributed by atoms with Gasteiger partial charge in [-0.3, -0.25) is 0 Å². The molecule has 0 bridgehead atoms. The number of nitrogens with two attached hydrogens (primary N) is 1. The molecule has 2 rings (SSSR count). The molecular weight excluding hydrogens is 170 g/mol. The van der Waals surface area contributed by atoms with Gasteiger partial charge in [0.25, 0.3) is 0 Å². The van der Waals surface area contributed by atoms with Gasteiger partial charge < -0.3 is 15.2 Å². The monoisotopic (exact) mass is 181 g/mol. The van der Waals surface area contributed by atoms with Gasteiger partial charge in [0.2, 0.25) is 5.88 Å². The summed E-state index contributed by atoms with van der Waals surface area (Å²) in [5.41, 5.74) is 6.07. The number of rotatable bonds is 2. The fourth-order valence-electron chi connectivity index (χ4n) is 1.19. The first kappa shape index (κ1) is 8.25. The molecule has 1 aliphatic heterocycles. The Labute approximate surface area is 75.9 Å². The Kier molecular flexibility index (Phi) is 2.27. The number of anilines is 1. The Morgan fingerprint density at radius 2 is 2.54 bits per heavy atom. The maximum atomic E-state index is 5.61. The molecule has 0 aliphatic carbocycles. The summed E-state index contributed by atoms with van der Waals surface area (Å²) in [6.07, 6.45) is 3.92. The van der Waals surface area contributed by atoms with Crippen molar-refractivity contribution in [1.29, 1.82) is 0 Å². The Morgan fingerprint density at radius 3 is 3.23 bits per heavy atom. The van der Waals surface area contributed by atoms with Crippen LogP contribution in [0.5, 0.6) is 5.88 Å². The summed E-state index contributed by atoms with van der Waals surface area (Å²) in [7, 11) is 0. The van der Waals surface area contributed by atoms with Crippen LogP contribution in [-0.4, -0.2) is 29.3 Å². The van der Waals surface area contributed by atoms with E-state index < -0.39 is 0 Å². The molecule has 1 aromatic heterocycles. The number of nitrogen functional groups attached to an aromatic ring is 1. The van der Waals surface area contributed by atoms with E-state index in [0.29, 0.717) is 18.2 Å². The van der Waals surface area contributed by atoms with Crippen LogP contribution in [0.2, 0.25) is 0 Å². The molecule has 13 heavy (non-hydrogen) atoms. The highest BCUT2D eigenvalue weighted by molar-refractivity contribution is 5.44. The molecule has 1 fully saturated rings. The molecule has 2 N–H and O–H groups in total. The van der Waals surface area contributed by atoms with Gasteiger partial charge in [-0.2, -0.15) is 4.98 Å². The zero-order valence-electron chi connectivity index (χ0n) is 7.14. The fourth-order valence-corrected chi connectivity index (χ4v) is 1.19. The second kappa shape index (κ2) is 3.57. The Hall–Kier alpha value is -1.36. The lowest BCUT2D eigenvalue weighted by molar-refractivity contribution is 0.138.